The second kappa shape index (κ2) is 5.70. The average Bonchev–Trinajstić information content (AvgIpc) is 3.21. The maximum atomic E-state index is 12.6. The number of carbonyl (C=O) groups excluding carboxylic acids is 2. The Morgan fingerprint density at radius 3 is 2.75 bits per heavy atom. The summed E-state index contributed by atoms with van der Waals surface area (Å²) in [5.74, 6) is 1.00. The summed E-state index contributed by atoms with van der Waals surface area (Å²) >= 11 is 0. The topological polar surface area (TPSA) is 63.0 Å². The summed E-state index contributed by atoms with van der Waals surface area (Å²) in [6.45, 7) is 3.94. The molecule has 1 fully saturated rings. The van der Waals surface area contributed by atoms with Crippen molar-refractivity contribution in [2.45, 2.75) is 19.9 Å². The molecule has 6 heteroatoms. The molecule has 0 N–H and O–H groups in total. The van der Waals surface area contributed by atoms with Gasteiger partial charge in [-0.2, -0.15) is 0 Å². The number of amides is 2. The Morgan fingerprint density at radius 2 is 2.04 bits per heavy atom. The van der Waals surface area contributed by atoms with Crippen LogP contribution in [0.25, 0.3) is 0 Å². The van der Waals surface area contributed by atoms with Gasteiger partial charge in [0, 0.05) is 13.1 Å². The minimum atomic E-state index is -0.298. The van der Waals surface area contributed by atoms with Crippen LogP contribution in [0.2, 0.25) is 0 Å². The zero-order valence-corrected chi connectivity index (χ0v) is 13.4. The highest BCUT2D eigenvalue weighted by Crippen LogP contribution is 2.31. The summed E-state index contributed by atoms with van der Waals surface area (Å²) in [5.41, 5.74) is 3.09. The van der Waals surface area contributed by atoms with Crippen LogP contribution in [0.5, 0.6) is 0 Å². The number of hydrogen-bond acceptors (Lipinski definition) is 4. The zero-order chi connectivity index (χ0) is 16.7. The number of ether oxygens (including phenoxy) is 1. The molecular formula is C18H18N2O4. The van der Waals surface area contributed by atoms with Crippen LogP contribution < -0.4 is 4.90 Å². The number of rotatable bonds is 2. The van der Waals surface area contributed by atoms with Crippen LogP contribution in [0.4, 0.5) is 10.5 Å². The van der Waals surface area contributed by atoms with Gasteiger partial charge in [0.05, 0.1) is 12.2 Å². The highest BCUT2D eigenvalue weighted by Gasteiger charge is 2.30. The monoisotopic (exact) mass is 326 g/mol. The molecule has 124 valence electrons. The fourth-order valence-corrected chi connectivity index (χ4v) is 3.33. The third-order valence-electron chi connectivity index (χ3n) is 4.53. The SMILES string of the molecule is Cc1ccc(C(=O)N2CCc3c(cccc3N3CCOC3=O)C2)o1. The largest absolute Gasteiger partial charge is 0.456 e. The standard InChI is InChI=1S/C18H18N2O4/c1-12-5-6-16(24-12)17(21)19-8-7-14-13(11-19)3-2-4-15(14)20-9-10-23-18(20)22/h2-6H,7-11H2,1H3. The van der Waals surface area contributed by atoms with Crippen molar-refractivity contribution in [1.82, 2.24) is 4.90 Å². The molecule has 2 aliphatic heterocycles. The van der Waals surface area contributed by atoms with Gasteiger partial charge in [0.15, 0.2) is 5.76 Å². The third-order valence-corrected chi connectivity index (χ3v) is 4.53. The van der Waals surface area contributed by atoms with Crippen LogP contribution in [0, 0.1) is 6.92 Å². The Bertz CT molecular complexity index is 811. The summed E-state index contributed by atoms with van der Waals surface area (Å²) < 4.78 is 10.5. The molecule has 1 saturated heterocycles. The number of aryl methyl sites for hydroxylation is 1. The van der Waals surface area contributed by atoms with Gasteiger partial charge in [-0.15, -0.1) is 0 Å². The van der Waals surface area contributed by atoms with Crippen LogP contribution in [-0.4, -0.2) is 36.6 Å². The van der Waals surface area contributed by atoms with E-state index in [0.29, 0.717) is 38.4 Å². The van der Waals surface area contributed by atoms with Crippen LogP contribution in [0.3, 0.4) is 0 Å². The van der Waals surface area contributed by atoms with E-state index in [1.807, 2.05) is 25.1 Å². The number of hydrogen-bond donors (Lipinski definition) is 0. The summed E-state index contributed by atoms with van der Waals surface area (Å²) in [6, 6.07) is 9.38. The lowest BCUT2D eigenvalue weighted by Gasteiger charge is -2.30. The van der Waals surface area contributed by atoms with Gasteiger partial charge in [0.25, 0.3) is 5.91 Å². The third kappa shape index (κ3) is 2.44. The molecule has 2 aliphatic rings. The molecule has 1 aromatic carbocycles. The van der Waals surface area contributed by atoms with Crippen molar-refractivity contribution >= 4 is 17.7 Å². The Hall–Kier alpha value is -2.76. The summed E-state index contributed by atoms with van der Waals surface area (Å²) in [5, 5.41) is 0. The molecule has 1 aromatic heterocycles. The van der Waals surface area contributed by atoms with Crippen LogP contribution in [0.15, 0.2) is 34.7 Å². The maximum absolute atomic E-state index is 12.6. The van der Waals surface area contributed by atoms with Crippen molar-refractivity contribution in [3.8, 4) is 0 Å². The van der Waals surface area contributed by atoms with Crippen molar-refractivity contribution in [1.29, 1.82) is 0 Å². The van der Waals surface area contributed by atoms with E-state index in [-0.39, 0.29) is 12.0 Å². The molecule has 0 radical (unpaired) electrons. The lowest BCUT2D eigenvalue weighted by atomic mass is 9.97. The lowest BCUT2D eigenvalue weighted by Crippen LogP contribution is -2.37. The van der Waals surface area contributed by atoms with Crippen molar-refractivity contribution < 1.29 is 18.7 Å². The first kappa shape index (κ1) is 14.8. The Labute approximate surface area is 139 Å². The van der Waals surface area contributed by atoms with E-state index >= 15 is 0 Å². The van der Waals surface area contributed by atoms with Crippen LogP contribution in [-0.2, 0) is 17.7 Å². The average molecular weight is 326 g/mol. The second-order valence-corrected chi connectivity index (χ2v) is 6.07. The molecule has 2 amide bonds. The molecule has 3 heterocycles. The highest BCUT2D eigenvalue weighted by molar-refractivity contribution is 5.92. The first-order valence-corrected chi connectivity index (χ1v) is 8.04. The van der Waals surface area contributed by atoms with Gasteiger partial charge in [-0.1, -0.05) is 12.1 Å². The van der Waals surface area contributed by atoms with Crippen molar-refractivity contribution in [3.63, 3.8) is 0 Å². The number of furan rings is 1. The molecule has 6 nitrogen and oxygen atoms in total. The first-order chi connectivity index (χ1) is 11.6. The smallest absolute Gasteiger partial charge is 0.414 e. The molecule has 0 bridgehead atoms. The fourth-order valence-electron chi connectivity index (χ4n) is 3.33. The van der Waals surface area contributed by atoms with Gasteiger partial charge in [0.1, 0.15) is 12.4 Å². The number of carbonyl (C=O) groups is 2. The van der Waals surface area contributed by atoms with Gasteiger partial charge >= 0.3 is 6.09 Å². The van der Waals surface area contributed by atoms with Crippen LogP contribution in [0.1, 0.15) is 27.4 Å². The number of nitrogens with zero attached hydrogens (tertiary/aromatic N) is 2. The predicted molar refractivity (Wildman–Crippen MR) is 87.0 cm³/mol. The number of fused-ring (bicyclic) bond motifs is 1. The molecule has 24 heavy (non-hydrogen) atoms. The summed E-state index contributed by atoms with van der Waals surface area (Å²) in [6.07, 6.45) is 0.411. The molecule has 4 rings (SSSR count). The van der Waals surface area contributed by atoms with E-state index in [9.17, 15) is 9.59 Å². The molecule has 0 aliphatic carbocycles. The van der Waals surface area contributed by atoms with Crippen LogP contribution >= 0.6 is 0 Å². The minimum absolute atomic E-state index is 0.0975. The van der Waals surface area contributed by atoms with Gasteiger partial charge < -0.3 is 14.1 Å². The van der Waals surface area contributed by atoms with Gasteiger partial charge in [-0.3, -0.25) is 9.69 Å². The zero-order valence-electron chi connectivity index (χ0n) is 13.4. The molecule has 2 aromatic rings. The lowest BCUT2D eigenvalue weighted by molar-refractivity contribution is 0.0701. The van der Waals surface area contributed by atoms with E-state index < -0.39 is 0 Å². The number of cyclic esters (lactones) is 1. The molecule has 0 unspecified atom stereocenters. The second-order valence-electron chi connectivity index (χ2n) is 6.07. The maximum Gasteiger partial charge on any atom is 0.414 e. The minimum Gasteiger partial charge on any atom is -0.456 e. The highest BCUT2D eigenvalue weighted by atomic mass is 16.6. The van der Waals surface area contributed by atoms with E-state index in [1.165, 1.54) is 0 Å². The van der Waals surface area contributed by atoms with Crippen molar-refractivity contribution in [2.24, 2.45) is 0 Å². The van der Waals surface area contributed by atoms with E-state index in [2.05, 4.69) is 0 Å². The van der Waals surface area contributed by atoms with Crippen molar-refractivity contribution in [3.05, 3.63) is 53.0 Å². The Balaban J connectivity index is 1.60. The van der Waals surface area contributed by atoms with E-state index in [4.69, 9.17) is 9.15 Å². The van der Waals surface area contributed by atoms with Gasteiger partial charge in [-0.05, 0) is 42.7 Å². The van der Waals surface area contributed by atoms with Gasteiger partial charge in [0.2, 0.25) is 0 Å². The molecule has 0 spiro atoms. The predicted octanol–water partition coefficient (Wildman–Crippen LogP) is 2.74. The Kier molecular flexibility index (Phi) is 3.52. The van der Waals surface area contributed by atoms with E-state index in [0.717, 1.165) is 22.6 Å². The number of anilines is 1. The summed E-state index contributed by atoms with van der Waals surface area (Å²) in [7, 11) is 0. The Morgan fingerprint density at radius 1 is 1.17 bits per heavy atom. The molecule has 0 saturated carbocycles. The van der Waals surface area contributed by atoms with Gasteiger partial charge in [-0.25, -0.2) is 4.79 Å². The molecule has 0 atom stereocenters. The summed E-state index contributed by atoms with van der Waals surface area (Å²) in [4.78, 5) is 27.9. The quantitative estimate of drug-likeness (QED) is 0.851. The first-order valence-electron chi connectivity index (χ1n) is 8.04. The number of benzene rings is 1. The van der Waals surface area contributed by atoms with E-state index in [1.54, 1.807) is 21.9 Å². The normalized spacial score (nSPS) is 17.0. The fraction of sp³-hybridized carbons (Fsp3) is 0.333. The van der Waals surface area contributed by atoms with Crippen molar-refractivity contribution in [2.75, 3.05) is 24.6 Å². The molecular weight excluding hydrogens is 308 g/mol.